The second-order valence-corrected chi connectivity index (χ2v) is 8.68. The van der Waals surface area contributed by atoms with Crippen molar-refractivity contribution in [1.82, 2.24) is 0 Å². The summed E-state index contributed by atoms with van der Waals surface area (Å²) in [5.41, 5.74) is 3.84. The minimum atomic E-state index is -0.924. The summed E-state index contributed by atoms with van der Waals surface area (Å²) in [6.07, 6.45) is -0.731. The number of benzene rings is 3. The number of carbonyl (C=O) groups is 2. The van der Waals surface area contributed by atoms with Crippen molar-refractivity contribution in [3.8, 4) is 0 Å². The van der Waals surface area contributed by atoms with E-state index in [1.807, 2.05) is 54.6 Å². The Morgan fingerprint density at radius 2 is 1.28 bits per heavy atom. The Labute approximate surface area is 186 Å². The molecule has 5 heteroatoms. The van der Waals surface area contributed by atoms with Gasteiger partial charge in [-0.05, 0) is 34.4 Å². The quantitative estimate of drug-likeness (QED) is 0.471. The number of nitrogens with zero attached hydrogens (tertiary/aromatic N) is 1. The van der Waals surface area contributed by atoms with Gasteiger partial charge < -0.3 is 9.47 Å². The molecular formula is C27H23NO4. The van der Waals surface area contributed by atoms with Gasteiger partial charge in [0.05, 0.1) is 22.9 Å². The highest BCUT2D eigenvalue weighted by Crippen LogP contribution is 2.65. The summed E-state index contributed by atoms with van der Waals surface area (Å²) in [4.78, 5) is 29.4. The van der Waals surface area contributed by atoms with Crippen molar-refractivity contribution in [2.45, 2.75) is 17.6 Å². The molecule has 160 valence electrons. The molecule has 7 rings (SSSR count). The van der Waals surface area contributed by atoms with E-state index in [-0.39, 0.29) is 17.7 Å². The normalized spacial score (nSPS) is 27.5. The fourth-order valence-electron chi connectivity index (χ4n) is 6.53. The van der Waals surface area contributed by atoms with E-state index in [2.05, 4.69) is 24.3 Å². The minimum absolute atomic E-state index is 0.157. The number of imide groups is 1. The highest BCUT2D eigenvalue weighted by molar-refractivity contribution is 6.23. The summed E-state index contributed by atoms with van der Waals surface area (Å²) in [7, 11) is 3.19. The zero-order chi connectivity index (χ0) is 22.0. The number of carbonyl (C=O) groups excluding carboxylic acids is 2. The van der Waals surface area contributed by atoms with E-state index in [1.54, 1.807) is 14.2 Å². The molecule has 3 aliphatic carbocycles. The summed E-state index contributed by atoms with van der Waals surface area (Å²) < 4.78 is 11.8. The third-order valence-corrected chi connectivity index (χ3v) is 7.50. The van der Waals surface area contributed by atoms with Crippen molar-refractivity contribution in [1.29, 1.82) is 0 Å². The summed E-state index contributed by atoms with van der Waals surface area (Å²) in [6, 6.07) is 25.4. The van der Waals surface area contributed by atoms with Crippen molar-refractivity contribution in [3.63, 3.8) is 0 Å². The van der Waals surface area contributed by atoms with E-state index in [1.165, 1.54) is 4.90 Å². The van der Waals surface area contributed by atoms with Crippen molar-refractivity contribution < 1.29 is 19.1 Å². The number of hydrogen-bond donors (Lipinski definition) is 0. The number of ether oxygens (including phenoxy) is 2. The van der Waals surface area contributed by atoms with Crippen LogP contribution in [0.3, 0.4) is 0 Å². The molecule has 1 saturated heterocycles. The molecule has 2 bridgehead atoms. The van der Waals surface area contributed by atoms with E-state index < -0.39 is 23.5 Å². The SMILES string of the molecule is COC(OC)C12c3ccccc3C(c3ccccc31)[C@@H]1C(=O)N(c3ccccc3)C(=O)[C@@H]12. The fourth-order valence-corrected chi connectivity index (χ4v) is 6.53. The summed E-state index contributed by atoms with van der Waals surface area (Å²) in [5.74, 6) is -1.67. The van der Waals surface area contributed by atoms with Gasteiger partial charge in [0.25, 0.3) is 0 Å². The molecule has 1 fully saturated rings. The second-order valence-electron chi connectivity index (χ2n) is 8.68. The van der Waals surface area contributed by atoms with Crippen molar-refractivity contribution in [2.24, 2.45) is 11.8 Å². The lowest BCUT2D eigenvalue weighted by Crippen LogP contribution is -2.60. The molecule has 0 N–H and O–H groups in total. The third kappa shape index (κ3) is 2.15. The number of rotatable bonds is 4. The number of amides is 2. The zero-order valence-electron chi connectivity index (χ0n) is 17.9. The summed E-state index contributed by atoms with van der Waals surface area (Å²) in [5, 5.41) is 0. The first-order valence-corrected chi connectivity index (χ1v) is 10.8. The predicted octanol–water partition coefficient (Wildman–Crippen LogP) is 3.86. The molecule has 1 heterocycles. The van der Waals surface area contributed by atoms with Crippen LogP contribution >= 0.6 is 0 Å². The maximum absolute atomic E-state index is 14.1. The largest absolute Gasteiger partial charge is 0.355 e. The van der Waals surface area contributed by atoms with Crippen molar-refractivity contribution in [2.75, 3.05) is 19.1 Å². The first-order valence-electron chi connectivity index (χ1n) is 10.8. The molecule has 2 amide bonds. The van der Waals surface area contributed by atoms with Gasteiger partial charge in [0.1, 0.15) is 0 Å². The predicted molar refractivity (Wildman–Crippen MR) is 119 cm³/mol. The highest BCUT2D eigenvalue weighted by atomic mass is 16.7. The average Bonchev–Trinajstić information content (AvgIpc) is 3.11. The van der Waals surface area contributed by atoms with Crippen LogP contribution in [0.15, 0.2) is 78.9 Å². The van der Waals surface area contributed by atoms with Gasteiger partial charge in [-0.2, -0.15) is 0 Å². The maximum Gasteiger partial charge on any atom is 0.239 e. The first kappa shape index (κ1) is 19.4. The van der Waals surface area contributed by atoms with Crippen LogP contribution in [0.4, 0.5) is 5.69 Å². The number of hydrogen-bond acceptors (Lipinski definition) is 4. The van der Waals surface area contributed by atoms with E-state index in [0.717, 1.165) is 22.3 Å². The van der Waals surface area contributed by atoms with Crippen LogP contribution in [-0.2, 0) is 24.5 Å². The molecule has 3 aromatic carbocycles. The Morgan fingerprint density at radius 1 is 0.750 bits per heavy atom. The van der Waals surface area contributed by atoms with Gasteiger partial charge in [-0.3, -0.25) is 9.59 Å². The van der Waals surface area contributed by atoms with Crippen LogP contribution < -0.4 is 4.90 Å². The lowest BCUT2D eigenvalue weighted by atomic mass is 9.47. The maximum atomic E-state index is 14.1. The number of methoxy groups -OCH3 is 2. The molecule has 0 aromatic heterocycles. The van der Waals surface area contributed by atoms with Gasteiger partial charge in [-0.25, -0.2) is 4.90 Å². The Morgan fingerprint density at radius 3 is 1.84 bits per heavy atom. The van der Waals surface area contributed by atoms with Gasteiger partial charge in [-0.15, -0.1) is 0 Å². The minimum Gasteiger partial charge on any atom is -0.355 e. The van der Waals surface area contributed by atoms with Crippen LogP contribution in [-0.4, -0.2) is 32.3 Å². The van der Waals surface area contributed by atoms with Gasteiger partial charge in [-0.1, -0.05) is 66.7 Å². The van der Waals surface area contributed by atoms with Gasteiger partial charge in [0.2, 0.25) is 11.8 Å². The lowest BCUT2D eigenvalue weighted by Gasteiger charge is -2.56. The zero-order valence-corrected chi connectivity index (χ0v) is 17.9. The van der Waals surface area contributed by atoms with Crippen LogP contribution in [0.2, 0.25) is 0 Å². The van der Waals surface area contributed by atoms with Gasteiger partial charge >= 0.3 is 0 Å². The average molecular weight is 425 g/mol. The molecule has 2 atom stereocenters. The Hall–Kier alpha value is -3.28. The van der Waals surface area contributed by atoms with Crippen LogP contribution in [0.25, 0.3) is 0 Å². The van der Waals surface area contributed by atoms with Crippen molar-refractivity contribution in [3.05, 3.63) is 101 Å². The van der Waals surface area contributed by atoms with Crippen molar-refractivity contribution >= 4 is 17.5 Å². The van der Waals surface area contributed by atoms with Gasteiger partial charge in [0, 0.05) is 20.1 Å². The number of anilines is 1. The molecule has 0 spiro atoms. The van der Waals surface area contributed by atoms with E-state index >= 15 is 0 Å². The van der Waals surface area contributed by atoms with Crippen LogP contribution in [0.5, 0.6) is 0 Å². The fraction of sp³-hybridized carbons (Fsp3) is 0.259. The topological polar surface area (TPSA) is 55.8 Å². The van der Waals surface area contributed by atoms with E-state index in [9.17, 15) is 9.59 Å². The van der Waals surface area contributed by atoms with E-state index in [0.29, 0.717) is 5.69 Å². The second kappa shape index (κ2) is 6.86. The third-order valence-electron chi connectivity index (χ3n) is 7.50. The molecule has 1 aliphatic heterocycles. The molecule has 0 saturated carbocycles. The smallest absolute Gasteiger partial charge is 0.239 e. The Balaban J connectivity index is 1.69. The summed E-state index contributed by atoms with van der Waals surface area (Å²) >= 11 is 0. The highest BCUT2D eigenvalue weighted by Gasteiger charge is 2.71. The Kier molecular flexibility index (Phi) is 4.16. The van der Waals surface area contributed by atoms with Crippen LogP contribution in [0.1, 0.15) is 28.2 Å². The molecule has 32 heavy (non-hydrogen) atoms. The molecule has 3 aromatic rings. The molecule has 4 aliphatic rings. The van der Waals surface area contributed by atoms with E-state index in [4.69, 9.17) is 9.47 Å². The summed E-state index contributed by atoms with van der Waals surface area (Å²) in [6.45, 7) is 0. The molecular weight excluding hydrogens is 402 g/mol. The van der Waals surface area contributed by atoms with Crippen LogP contribution in [0, 0.1) is 11.8 Å². The monoisotopic (exact) mass is 425 g/mol. The standard InChI is InChI=1S/C27H23NO4/c1-31-26(32-2)27-19-14-8-6-12-17(19)21(18-13-7-9-15-20(18)27)22-23(27)25(30)28(24(22)29)16-10-4-3-5-11-16/h3-15,21-23,26H,1-2H3/t21?,22-,23+,27?/m0/s1. The lowest BCUT2D eigenvalue weighted by molar-refractivity contribution is -0.168. The molecule has 5 nitrogen and oxygen atoms in total. The Bertz CT molecular complexity index is 1190. The van der Waals surface area contributed by atoms with Gasteiger partial charge in [0.15, 0.2) is 6.29 Å². The first-order chi connectivity index (χ1) is 15.7. The molecule has 0 radical (unpaired) electrons. The number of para-hydroxylation sites is 1. The molecule has 0 unspecified atom stereocenters.